The van der Waals surface area contributed by atoms with E-state index < -0.39 is 10.0 Å². The number of nitrogens with zero attached hydrogens (tertiary/aromatic N) is 3. The van der Waals surface area contributed by atoms with Crippen molar-refractivity contribution in [2.75, 3.05) is 36.8 Å². The number of sulfonamides is 1. The third-order valence-corrected chi connectivity index (χ3v) is 11.3. The number of benzene rings is 4. The van der Waals surface area contributed by atoms with Crippen molar-refractivity contribution in [3.05, 3.63) is 103 Å². The molecule has 1 aliphatic heterocycles. The Bertz CT molecular complexity index is 1900. The van der Waals surface area contributed by atoms with Gasteiger partial charge in [-0.1, -0.05) is 72.8 Å². The van der Waals surface area contributed by atoms with Crippen LogP contribution in [0.25, 0.3) is 21.7 Å². The van der Waals surface area contributed by atoms with Gasteiger partial charge in [0.1, 0.15) is 5.82 Å². The van der Waals surface area contributed by atoms with E-state index in [4.69, 9.17) is 9.97 Å². The van der Waals surface area contributed by atoms with E-state index in [1.165, 1.54) is 5.56 Å². The predicted molar refractivity (Wildman–Crippen MR) is 191 cm³/mol. The molecule has 0 amide bonds. The quantitative estimate of drug-likeness (QED) is 0.141. The molecular weight excluding hydrogens is 605 g/mol. The van der Waals surface area contributed by atoms with Crippen LogP contribution in [0.1, 0.15) is 44.1 Å². The molecule has 7 rings (SSSR count). The molecule has 0 bridgehead atoms. The molecule has 0 unspecified atom stereocenters. The lowest BCUT2D eigenvalue weighted by molar-refractivity contribution is 0.211. The van der Waals surface area contributed by atoms with Crippen LogP contribution in [0.3, 0.4) is 0 Å². The van der Waals surface area contributed by atoms with E-state index in [9.17, 15) is 8.42 Å². The van der Waals surface area contributed by atoms with Gasteiger partial charge in [0.2, 0.25) is 16.0 Å². The Labute approximate surface area is 278 Å². The molecule has 244 valence electrons. The van der Waals surface area contributed by atoms with Crippen molar-refractivity contribution in [2.24, 2.45) is 11.8 Å². The summed E-state index contributed by atoms with van der Waals surface area (Å²) in [4.78, 5) is 12.7. The van der Waals surface area contributed by atoms with Crippen molar-refractivity contribution >= 4 is 43.5 Å². The molecule has 2 fully saturated rings. The van der Waals surface area contributed by atoms with Gasteiger partial charge in [-0.3, -0.25) is 4.90 Å². The second kappa shape index (κ2) is 14.4. The normalized spacial score (nSPS) is 19.6. The minimum absolute atomic E-state index is 0.326. The minimum Gasteiger partial charge on any atom is -0.367 e. The van der Waals surface area contributed by atoms with Gasteiger partial charge in [-0.2, -0.15) is 4.98 Å². The number of para-hydroxylation sites is 1. The smallest absolute Gasteiger partial charge is 0.240 e. The Kier molecular flexibility index (Phi) is 9.65. The predicted octanol–water partition coefficient (Wildman–Crippen LogP) is 7.06. The number of piperidine rings is 1. The van der Waals surface area contributed by atoms with Crippen LogP contribution in [0.15, 0.2) is 102 Å². The highest BCUT2D eigenvalue weighted by atomic mass is 32.2. The molecule has 1 saturated heterocycles. The van der Waals surface area contributed by atoms with Crippen LogP contribution in [-0.2, 0) is 16.6 Å². The zero-order chi connectivity index (χ0) is 32.1. The first-order chi connectivity index (χ1) is 23.0. The molecule has 2 heterocycles. The van der Waals surface area contributed by atoms with Crippen molar-refractivity contribution < 1.29 is 8.42 Å². The number of fused-ring (bicyclic) bond motifs is 2. The lowest BCUT2D eigenvalue weighted by atomic mass is 9.82. The summed E-state index contributed by atoms with van der Waals surface area (Å²) >= 11 is 0. The summed E-state index contributed by atoms with van der Waals surface area (Å²) in [5, 5.41) is 10.3. The lowest BCUT2D eigenvalue weighted by Gasteiger charge is -2.33. The van der Waals surface area contributed by atoms with Gasteiger partial charge in [-0.15, -0.1) is 0 Å². The molecular formula is C38H44N6O2S. The molecule has 4 aromatic carbocycles. The number of likely N-dealkylation sites (tertiary alicyclic amines) is 1. The molecule has 2 aliphatic rings. The van der Waals surface area contributed by atoms with Crippen LogP contribution < -0.4 is 15.4 Å². The topological polar surface area (TPSA) is 99.2 Å². The number of nitrogens with one attached hydrogen (secondary N) is 3. The first kappa shape index (κ1) is 31.5. The van der Waals surface area contributed by atoms with Crippen LogP contribution in [0.2, 0.25) is 0 Å². The fraction of sp³-hybridized carbons (Fsp3) is 0.368. The molecule has 1 aliphatic carbocycles. The minimum atomic E-state index is -3.55. The number of hydrogen-bond donors (Lipinski definition) is 3. The fourth-order valence-corrected chi connectivity index (χ4v) is 8.21. The third-order valence-electron chi connectivity index (χ3n) is 9.89. The van der Waals surface area contributed by atoms with E-state index in [2.05, 4.69) is 62.7 Å². The molecule has 47 heavy (non-hydrogen) atoms. The van der Waals surface area contributed by atoms with E-state index in [0.717, 1.165) is 92.2 Å². The van der Waals surface area contributed by atoms with Crippen molar-refractivity contribution in [2.45, 2.75) is 56.0 Å². The Morgan fingerprint density at radius 2 is 1.38 bits per heavy atom. The molecule has 9 heteroatoms. The van der Waals surface area contributed by atoms with Gasteiger partial charge in [0.25, 0.3) is 0 Å². The molecule has 5 aromatic rings. The number of hydrogen-bond acceptors (Lipinski definition) is 7. The Morgan fingerprint density at radius 3 is 2.17 bits per heavy atom. The summed E-state index contributed by atoms with van der Waals surface area (Å²) in [7, 11) is -3.55. The average Bonchev–Trinajstić information content (AvgIpc) is 3.11. The number of aromatic nitrogens is 2. The maximum Gasteiger partial charge on any atom is 0.240 e. The molecule has 1 saturated carbocycles. The standard InChI is InChI=1S/C38H44N6O2S/c45-47(46,34-19-18-31-10-4-5-11-32(31)24-34)40-26-29-16-14-28(15-17-29)25-39-38-42-36-13-7-6-12-35(36)37(43-38)41-33-20-22-44(23-21-33)27-30-8-2-1-3-9-30/h1-13,18-19,24,28-29,33,40H,14-17,20-23,25-27H2,(H2,39,41,42,43). The highest BCUT2D eigenvalue weighted by Gasteiger charge is 2.25. The third kappa shape index (κ3) is 7.92. The van der Waals surface area contributed by atoms with Gasteiger partial charge in [0, 0.05) is 44.2 Å². The first-order valence-corrected chi connectivity index (χ1v) is 18.5. The van der Waals surface area contributed by atoms with E-state index in [0.29, 0.717) is 35.3 Å². The van der Waals surface area contributed by atoms with Crippen molar-refractivity contribution in [1.82, 2.24) is 19.6 Å². The Balaban J connectivity index is 0.902. The summed E-state index contributed by atoms with van der Waals surface area (Å²) in [5.74, 6) is 2.41. The van der Waals surface area contributed by atoms with Gasteiger partial charge < -0.3 is 10.6 Å². The summed E-state index contributed by atoms with van der Waals surface area (Å²) < 4.78 is 28.9. The Hall–Kier alpha value is -4.05. The summed E-state index contributed by atoms with van der Waals surface area (Å²) in [6, 6.07) is 32.5. The molecule has 0 radical (unpaired) electrons. The van der Waals surface area contributed by atoms with Crippen LogP contribution in [0, 0.1) is 11.8 Å². The molecule has 1 aromatic heterocycles. The average molecular weight is 649 g/mol. The zero-order valence-electron chi connectivity index (χ0n) is 26.8. The second-order valence-electron chi connectivity index (χ2n) is 13.2. The maximum absolute atomic E-state index is 13.0. The van der Waals surface area contributed by atoms with Crippen LogP contribution in [0.5, 0.6) is 0 Å². The summed E-state index contributed by atoms with van der Waals surface area (Å²) in [6.45, 7) is 4.41. The molecule has 0 atom stereocenters. The van der Waals surface area contributed by atoms with Gasteiger partial charge in [-0.25, -0.2) is 18.1 Å². The summed E-state index contributed by atoms with van der Waals surface area (Å²) in [6.07, 6.45) is 6.26. The maximum atomic E-state index is 13.0. The van der Waals surface area contributed by atoms with E-state index in [-0.39, 0.29) is 0 Å². The van der Waals surface area contributed by atoms with Crippen molar-refractivity contribution in [1.29, 1.82) is 0 Å². The van der Waals surface area contributed by atoms with Crippen LogP contribution in [-0.4, -0.2) is 55.5 Å². The Morgan fingerprint density at radius 1 is 0.702 bits per heavy atom. The number of anilines is 2. The highest BCUT2D eigenvalue weighted by Crippen LogP contribution is 2.30. The fourth-order valence-electron chi connectivity index (χ4n) is 7.06. The van der Waals surface area contributed by atoms with E-state index >= 15 is 0 Å². The van der Waals surface area contributed by atoms with Gasteiger partial charge in [0.05, 0.1) is 10.4 Å². The molecule has 3 N–H and O–H groups in total. The molecule has 0 spiro atoms. The second-order valence-corrected chi connectivity index (χ2v) is 15.0. The molecule has 8 nitrogen and oxygen atoms in total. The first-order valence-electron chi connectivity index (χ1n) is 17.0. The van der Waals surface area contributed by atoms with E-state index in [1.807, 2.05) is 42.5 Å². The monoisotopic (exact) mass is 648 g/mol. The summed E-state index contributed by atoms with van der Waals surface area (Å²) in [5.41, 5.74) is 2.31. The van der Waals surface area contributed by atoms with Gasteiger partial charge >= 0.3 is 0 Å². The van der Waals surface area contributed by atoms with Gasteiger partial charge in [0.15, 0.2) is 0 Å². The largest absolute Gasteiger partial charge is 0.367 e. The SMILES string of the molecule is O=S(=O)(NCC1CCC(CNc2nc(NC3CCN(Cc4ccccc4)CC3)c3ccccc3n2)CC1)c1ccc2ccccc2c1. The van der Waals surface area contributed by atoms with Crippen molar-refractivity contribution in [3.8, 4) is 0 Å². The van der Waals surface area contributed by atoms with Crippen LogP contribution >= 0.6 is 0 Å². The number of rotatable bonds is 11. The van der Waals surface area contributed by atoms with Crippen LogP contribution in [0.4, 0.5) is 11.8 Å². The van der Waals surface area contributed by atoms with Crippen molar-refractivity contribution in [3.63, 3.8) is 0 Å². The van der Waals surface area contributed by atoms with Gasteiger partial charge in [-0.05, 0) is 91.0 Å². The zero-order valence-corrected chi connectivity index (χ0v) is 27.6. The highest BCUT2D eigenvalue weighted by molar-refractivity contribution is 7.89. The lowest BCUT2D eigenvalue weighted by Crippen LogP contribution is -2.38. The van der Waals surface area contributed by atoms with E-state index in [1.54, 1.807) is 12.1 Å².